The van der Waals surface area contributed by atoms with Crippen LogP contribution in [0.4, 0.5) is 0 Å². The molecule has 0 saturated heterocycles. The summed E-state index contributed by atoms with van der Waals surface area (Å²) in [5.41, 5.74) is 7.57. The van der Waals surface area contributed by atoms with E-state index in [0.29, 0.717) is 23.8 Å². The van der Waals surface area contributed by atoms with Gasteiger partial charge in [-0.3, -0.25) is 0 Å². The molecule has 19 heavy (non-hydrogen) atoms. The van der Waals surface area contributed by atoms with E-state index in [0.717, 1.165) is 17.0 Å². The van der Waals surface area contributed by atoms with Gasteiger partial charge in [-0.05, 0) is 31.9 Å². The van der Waals surface area contributed by atoms with Crippen molar-refractivity contribution in [3.05, 3.63) is 46.3 Å². The van der Waals surface area contributed by atoms with Crippen LogP contribution in [0.3, 0.4) is 0 Å². The minimum atomic E-state index is 0.0510. The zero-order valence-electron chi connectivity index (χ0n) is 11.0. The molecule has 0 amide bonds. The van der Waals surface area contributed by atoms with E-state index in [1.165, 1.54) is 0 Å². The van der Waals surface area contributed by atoms with Gasteiger partial charge in [0.1, 0.15) is 23.8 Å². The summed E-state index contributed by atoms with van der Waals surface area (Å²) in [6.07, 6.45) is 0.716. The first-order chi connectivity index (χ1) is 9.06. The van der Waals surface area contributed by atoms with Crippen LogP contribution in [0, 0.1) is 6.92 Å². The van der Waals surface area contributed by atoms with Crippen molar-refractivity contribution in [3.8, 4) is 5.75 Å². The van der Waals surface area contributed by atoms with Crippen molar-refractivity contribution in [2.75, 3.05) is 0 Å². The number of aryl methyl sites for hydroxylation is 1. The minimum absolute atomic E-state index is 0.0510. The molecule has 102 valence electrons. The third kappa shape index (κ3) is 3.72. The third-order valence-corrected chi connectivity index (χ3v) is 2.93. The molecule has 1 unspecified atom stereocenters. The maximum absolute atomic E-state index is 6.17. The first-order valence-corrected chi connectivity index (χ1v) is 6.52. The molecule has 1 atom stereocenters. The summed E-state index contributed by atoms with van der Waals surface area (Å²) in [5.74, 6) is 1.43. The molecule has 2 rings (SSSR count). The fourth-order valence-electron chi connectivity index (χ4n) is 1.85. The zero-order chi connectivity index (χ0) is 13.8. The molecule has 1 aromatic heterocycles. The monoisotopic (exact) mass is 280 g/mol. The number of nitrogens with two attached hydrogens (primary N) is 1. The van der Waals surface area contributed by atoms with Gasteiger partial charge in [-0.2, -0.15) is 0 Å². The smallest absolute Gasteiger partial charge is 0.141 e. The number of hydrogen-bond acceptors (Lipinski definition) is 4. The number of benzene rings is 1. The fraction of sp³-hybridized carbons (Fsp3) is 0.357. The van der Waals surface area contributed by atoms with Gasteiger partial charge in [-0.15, -0.1) is 0 Å². The van der Waals surface area contributed by atoms with Gasteiger partial charge < -0.3 is 15.0 Å². The number of rotatable bonds is 5. The number of hydrogen-bond donors (Lipinski definition) is 1. The highest BCUT2D eigenvalue weighted by Gasteiger charge is 2.11. The fourth-order valence-corrected chi connectivity index (χ4v) is 2.10. The predicted octanol–water partition coefficient (Wildman–Crippen LogP) is 3.11. The Balaban J connectivity index is 2.14. The molecule has 2 aromatic rings. The van der Waals surface area contributed by atoms with Gasteiger partial charge in [0.25, 0.3) is 0 Å². The standard InChI is InChI=1S/C14H17ClN2O2/c1-9(16)6-11-4-3-5-13(15)14(11)18-8-12-7-10(2)19-17-12/h3-5,7,9H,6,8,16H2,1-2H3. The van der Waals surface area contributed by atoms with Crippen molar-refractivity contribution in [1.29, 1.82) is 0 Å². The van der Waals surface area contributed by atoms with Gasteiger partial charge in [-0.1, -0.05) is 28.9 Å². The number of halogens is 1. The molecule has 0 spiro atoms. The van der Waals surface area contributed by atoms with E-state index in [4.69, 9.17) is 26.6 Å². The normalized spacial score (nSPS) is 12.4. The van der Waals surface area contributed by atoms with E-state index in [1.807, 2.05) is 32.0 Å². The Labute approximate surface area is 117 Å². The van der Waals surface area contributed by atoms with Gasteiger partial charge in [0.05, 0.1) is 5.02 Å². The van der Waals surface area contributed by atoms with E-state index in [2.05, 4.69) is 5.16 Å². The lowest BCUT2D eigenvalue weighted by Crippen LogP contribution is -2.18. The van der Waals surface area contributed by atoms with Crippen LogP contribution < -0.4 is 10.5 Å². The van der Waals surface area contributed by atoms with Crippen LogP contribution in [-0.2, 0) is 13.0 Å². The van der Waals surface area contributed by atoms with Crippen LogP contribution in [0.25, 0.3) is 0 Å². The van der Waals surface area contributed by atoms with Crippen molar-refractivity contribution in [1.82, 2.24) is 5.16 Å². The quantitative estimate of drug-likeness (QED) is 0.914. The SMILES string of the molecule is Cc1cc(COc2c(Cl)cccc2CC(C)N)no1. The molecule has 4 nitrogen and oxygen atoms in total. The number of ether oxygens (including phenoxy) is 1. The van der Waals surface area contributed by atoms with Crippen LogP contribution in [-0.4, -0.2) is 11.2 Å². The molecule has 1 heterocycles. The predicted molar refractivity (Wildman–Crippen MR) is 74.4 cm³/mol. The van der Waals surface area contributed by atoms with Gasteiger partial charge in [0.2, 0.25) is 0 Å². The number of aromatic nitrogens is 1. The van der Waals surface area contributed by atoms with Crippen molar-refractivity contribution in [2.45, 2.75) is 32.9 Å². The second-order valence-electron chi connectivity index (χ2n) is 4.63. The summed E-state index contributed by atoms with van der Waals surface area (Å²) in [6.45, 7) is 4.12. The number of nitrogens with zero attached hydrogens (tertiary/aromatic N) is 1. The molecule has 0 aliphatic heterocycles. The van der Waals surface area contributed by atoms with E-state index >= 15 is 0 Å². The Morgan fingerprint density at radius 3 is 2.89 bits per heavy atom. The molecular weight excluding hydrogens is 264 g/mol. The first-order valence-electron chi connectivity index (χ1n) is 6.14. The molecule has 0 aliphatic rings. The zero-order valence-corrected chi connectivity index (χ0v) is 11.8. The van der Waals surface area contributed by atoms with Gasteiger partial charge in [0.15, 0.2) is 0 Å². The molecule has 2 N–H and O–H groups in total. The van der Waals surface area contributed by atoms with Crippen LogP contribution >= 0.6 is 11.6 Å². The molecule has 1 aromatic carbocycles. The first kappa shape index (κ1) is 13.9. The van der Waals surface area contributed by atoms with Gasteiger partial charge in [-0.25, -0.2) is 0 Å². The van der Waals surface area contributed by atoms with Gasteiger partial charge in [0, 0.05) is 12.1 Å². The number of para-hydroxylation sites is 1. The second-order valence-corrected chi connectivity index (χ2v) is 5.03. The highest BCUT2D eigenvalue weighted by molar-refractivity contribution is 6.32. The van der Waals surface area contributed by atoms with Crippen LogP contribution in [0.1, 0.15) is 23.9 Å². The topological polar surface area (TPSA) is 61.3 Å². The average molecular weight is 281 g/mol. The Bertz CT molecular complexity index is 552. The largest absolute Gasteiger partial charge is 0.485 e. The van der Waals surface area contributed by atoms with Crippen molar-refractivity contribution < 1.29 is 9.26 Å². The second kappa shape index (κ2) is 6.08. The Morgan fingerprint density at radius 1 is 1.47 bits per heavy atom. The summed E-state index contributed by atoms with van der Waals surface area (Å²) in [7, 11) is 0. The van der Waals surface area contributed by atoms with Crippen LogP contribution in [0.15, 0.2) is 28.8 Å². The van der Waals surface area contributed by atoms with Gasteiger partial charge >= 0.3 is 0 Å². The molecule has 0 aliphatic carbocycles. The molecule has 5 heteroatoms. The van der Waals surface area contributed by atoms with Crippen LogP contribution in [0.5, 0.6) is 5.75 Å². The molecule has 0 fully saturated rings. The van der Waals surface area contributed by atoms with E-state index in [9.17, 15) is 0 Å². The summed E-state index contributed by atoms with van der Waals surface area (Å²) < 4.78 is 10.8. The lowest BCUT2D eigenvalue weighted by atomic mass is 10.1. The molecule has 0 radical (unpaired) electrons. The van der Waals surface area contributed by atoms with E-state index in [-0.39, 0.29) is 6.04 Å². The molecular formula is C14H17ClN2O2. The summed E-state index contributed by atoms with van der Waals surface area (Å²) >= 11 is 6.17. The van der Waals surface area contributed by atoms with E-state index < -0.39 is 0 Å². The summed E-state index contributed by atoms with van der Waals surface area (Å²) in [4.78, 5) is 0. The van der Waals surface area contributed by atoms with Crippen molar-refractivity contribution in [3.63, 3.8) is 0 Å². The lowest BCUT2D eigenvalue weighted by Gasteiger charge is -2.13. The maximum atomic E-state index is 6.17. The average Bonchev–Trinajstić information content (AvgIpc) is 2.73. The van der Waals surface area contributed by atoms with Crippen molar-refractivity contribution >= 4 is 11.6 Å². The highest BCUT2D eigenvalue weighted by Crippen LogP contribution is 2.30. The maximum Gasteiger partial charge on any atom is 0.141 e. The minimum Gasteiger partial charge on any atom is -0.485 e. The Hall–Kier alpha value is -1.52. The third-order valence-electron chi connectivity index (χ3n) is 2.63. The highest BCUT2D eigenvalue weighted by atomic mass is 35.5. The summed E-state index contributed by atoms with van der Waals surface area (Å²) in [6, 6.07) is 7.55. The Kier molecular flexibility index (Phi) is 4.45. The van der Waals surface area contributed by atoms with Crippen LogP contribution in [0.2, 0.25) is 5.02 Å². The van der Waals surface area contributed by atoms with Crippen molar-refractivity contribution in [2.24, 2.45) is 5.73 Å². The molecule has 0 saturated carbocycles. The molecule has 0 bridgehead atoms. The Morgan fingerprint density at radius 2 is 2.26 bits per heavy atom. The van der Waals surface area contributed by atoms with E-state index in [1.54, 1.807) is 6.07 Å². The lowest BCUT2D eigenvalue weighted by molar-refractivity contribution is 0.285. The summed E-state index contributed by atoms with van der Waals surface area (Å²) in [5, 5.41) is 4.47.